The van der Waals surface area contributed by atoms with Crippen LogP contribution >= 0.6 is 0 Å². The van der Waals surface area contributed by atoms with E-state index in [9.17, 15) is 19.8 Å². The highest BCUT2D eigenvalue weighted by Gasteiger charge is 2.20. The van der Waals surface area contributed by atoms with Gasteiger partial charge in [-0.2, -0.15) is 0 Å². The lowest BCUT2D eigenvalue weighted by Gasteiger charge is -2.22. The molecule has 6 heteroatoms. The molecule has 0 radical (unpaired) electrons. The number of ether oxygens (including phenoxy) is 1. The van der Waals surface area contributed by atoms with Crippen molar-refractivity contribution in [3.63, 3.8) is 0 Å². The number of nitrogens with one attached hydrogen (secondary N) is 1. The van der Waals surface area contributed by atoms with Crippen molar-refractivity contribution in [2.75, 3.05) is 13.2 Å². The SMILES string of the molecule is CCCCCCC/C=C\CCCCCCCC(=O)OCCCCC/C=C\C=C/CCCCCCCCCCCCC(=O)NC(CO)C(O)CCCCCCCCCCCCCCCCCCCCC. The fourth-order valence-electron chi connectivity index (χ4n) is 9.45. The highest BCUT2D eigenvalue weighted by Crippen LogP contribution is 2.17. The molecule has 0 aliphatic carbocycles. The van der Waals surface area contributed by atoms with Gasteiger partial charge in [0.1, 0.15) is 0 Å². The average Bonchev–Trinajstić information content (AvgIpc) is 3.35. The zero-order valence-electron chi connectivity index (χ0n) is 46.3. The average molecular weight is 971 g/mol. The smallest absolute Gasteiger partial charge is 0.305 e. The van der Waals surface area contributed by atoms with E-state index in [0.717, 1.165) is 70.6 Å². The normalized spacial score (nSPS) is 12.8. The van der Waals surface area contributed by atoms with Crippen LogP contribution < -0.4 is 5.32 Å². The molecule has 0 fully saturated rings. The predicted octanol–water partition coefficient (Wildman–Crippen LogP) is 19.2. The fraction of sp³-hybridized carbons (Fsp3) is 0.873. The van der Waals surface area contributed by atoms with Gasteiger partial charge in [0.2, 0.25) is 5.91 Å². The number of unbranched alkanes of at least 4 members (excludes halogenated alkanes) is 41. The number of hydrogen-bond donors (Lipinski definition) is 3. The Balaban J connectivity index is 3.48. The molecule has 0 aromatic rings. The lowest BCUT2D eigenvalue weighted by molar-refractivity contribution is -0.143. The monoisotopic (exact) mass is 970 g/mol. The van der Waals surface area contributed by atoms with Gasteiger partial charge >= 0.3 is 5.97 Å². The molecule has 2 unspecified atom stereocenters. The van der Waals surface area contributed by atoms with Gasteiger partial charge in [0, 0.05) is 12.8 Å². The first-order chi connectivity index (χ1) is 34.0. The Hall–Kier alpha value is -1.92. The van der Waals surface area contributed by atoms with Crippen LogP contribution in [0.2, 0.25) is 0 Å². The zero-order valence-corrected chi connectivity index (χ0v) is 46.3. The summed E-state index contributed by atoms with van der Waals surface area (Å²) in [5, 5.41) is 23.3. The molecule has 0 rings (SSSR count). The second-order valence-corrected chi connectivity index (χ2v) is 21.1. The van der Waals surface area contributed by atoms with Crippen LogP contribution in [0.5, 0.6) is 0 Å². The predicted molar refractivity (Wildman–Crippen MR) is 301 cm³/mol. The van der Waals surface area contributed by atoms with Crippen molar-refractivity contribution in [1.29, 1.82) is 0 Å². The van der Waals surface area contributed by atoms with E-state index < -0.39 is 12.1 Å². The van der Waals surface area contributed by atoms with Gasteiger partial charge in [0.05, 0.1) is 25.4 Å². The van der Waals surface area contributed by atoms with Gasteiger partial charge in [0.15, 0.2) is 0 Å². The first kappa shape index (κ1) is 67.1. The third-order valence-corrected chi connectivity index (χ3v) is 14.2. The number of carbonyl (C=O) groups is 2. The minimum absolute atomic E-state index is 0.0217. The highest BCUT2D eigenvalue weighted by molar-refractivity contribution is 5.76. The van der Waals surface area contributed by atoms with E-state index in [4.69, 9.17) is 4.74 Å². The number of esters is 1. The first-order valence-corrected chi connectivity index (χ1v) is 30.8. The Morgan fingerprint density at radius 1 is 0.406 bits per heavy atom. The number of aliphatic hydroxyl groups excluding tert-OH is 2. The summed E-state index contributed by atoms with van der Waals surface area (Å²) in [6, 6.07) is -0.550. The molecule has 0 saturated carbocycles. The van der Waals surface area contributed by atoms with Gasteiger partial charge in [-0.3, -0.25) is 9.59 Å². The van der Waals surface area contributed by atoms with Crippen molar-refractivity contribution in [3.8, 4) is 0 Å². The number of aliphatic hydroxyl groups is 2. The standard InChI is InChI=1S/C63H119NO5/c1-3-5-7-9-11-13-15-17-19-20-22-25-28-31-35-39-43-47-51-55-61(66)60(59-65)64-62(67)56-52-48-44-40-36-32-29-26-23-21-24-27-30-34-38-42-46-50-54-58-69-63(68)57-53-49-45-41-37-33-18-16-14-12-10-8-6-4-2/h16,18,27,30,34,38,60-61,65-66H,3-15,17,19-26,28-29,31-33,35-37,39-59H2,1-2H3,(H,64,67)/b18-16-,30-27-,38-34-. The molecule has 0 aliphatic rings. The van der Waals surface area contributed by atoms with Crippen molar-refractivity contribution < 1.29 is 24.5 Å². The van der Waals surface area contributed by atoms with Crippen LogP contribution in [0.3, 0.4) is 0 Å². The molecule has 0 aromatic heterocycles. The van der Waals surface area contributed by atoms with E-state index in [-0.39, 0.29) is 18.5 Å². The van der Waals surface area contributed by atoms with E-state index in [2.05, 4.69) is 55.6 Å². The first-order valence-electron chi connectivity index (χ1n) is 30.8. The molecule has 1 amide bonds. The summed E-state index contributed by atoms with van der Waals surface area (Å²) in [5.41, 5.74) is 0. The maximum atomic E-state index is 12.5. The second-order valence-electron chi connectivity index (χ2n) is 21.1. The van der Waals surface area contributed by atoms with Crippen molar-refractivity contribution in [2.24, 2.45) is 0 Å². The van der Waals surface area contributed by atoms with Gasteiger partial charge < -0.3 is 20.3 Å². The van der Waals surface area contributed by atoms with Gasteiger partial charge in [0.25, 0.3) is 0 Å². The van der Waals surface area contributed by atoms with Crippen LogP contribution in [0.25, 0.3) is 0 Å². The highest BCUT2D eigenvalue weighted by atomic mass is 16.5. The Morgan fingerprint density at radius 3 is 1.12 bits per heavy atom. The molecule has 0 saturated heterocycles. The zero-order chi connectivity index (χ0) is 50.0. The molecule has 0 bridgehead atoms. The van der Waals surface area contributed by atoms with Gasteiger partial charge in [-0.25, -0.2) is 0 Å². The van der Waals surface area contributed by atoms with Crippen LogP contribution in [0.4, 0.5) is 0 Å². The van der Waals surface area contributed by atoms with E-state index in [1.165, 1.54) is 225 Å². The van der Waals surface area contributed by atoms with Gasteiger partial charge in [-0.1, -0.05) is 269 Å². The van der Waals surface area contributed by atoms with Crippen LogP contribution in [-0.2, 0) is 14.3 Å². The Morgan fingerprint density at radius 2 is 0.725 bits per heavy atom. The van der Waals surface area contributed by atoms with E-state index in [1.807, 2.05) is 0 Å². The minimum atomic E-state index is -0.672. The summed E-state index contributed by atoms with van der Waals surface area (Å²) in [7, 11) is 0. The molecule has 69 heavy (non-hydrogen) atoms. The fourth-order valence-corrected chi connectivity index (χ4v) is 9.45. The molecule has 0 aliphatic heterocycles. The lowest BCUT2D eigenvalue weighted by atomic mass is 10.0. The number of amides is 1. The summed E-state index contributed by atoms with van der Waals surface area (Å²) in [6.07, 6.45) is 72.9. The quantitative estimate of drug-likeness (QED) is 0.0244. The maximum Gasteiger partial charge on any atom is 0.305 e. The van der Waals surface area contributed by atoms with Crippen LogP contribution in [0, 0.1) is 0 Å². The topological polar surface area (TPSA) is 95.9 Å². The van der Waals surface area contributed by atoms with Crippen LogP contribution in [0.15, 0.2) is 36.5 Å². The number of allylic oxidation sites excluding steroid dienone is 6. The van der Waals surface area contributed by atoms with Crippen molar-refractivity contribution in [2.45, 2.75) is 341 Å². The van der Waals surface area contributed by atoms with E-state index >= 15 is 0 Å². The lowest BCUT2D eigenvalue weighted by Crippen LogP contribution is -2.45. The molecule has 2 atom stereocenters. The largest absolute Gasteiger partial charge is 0.466 e. The van der Waals surface area contributed by atoms with Crippen LogP contribution in [-0.4, -0.2) is 47.4 Å². The van der Waals surface area contributed by atoms with Gasteiger partial charge in [-0.05, 0) is 83.5 Å². The summed E-state index contributed by atoms with van der Waals surface area (Å²) >= 11 is 0. The molecular formula is C63H119NO5. The van der Waals surface area contributed by atoms with Gasteiger partial charge in [-0.15, -0.1) is 0 Å². The molecule has 406 valence electrons. The van der Waals surface area contributed by atoms with E-state index in [1.54, 1.807) is 0 Å². The molecular weight excluding hydrogens is 851 g/mol. The third kappa shape index (κ3) is 55.2. The van der Waals surface area contributed by atoms with Crippen molar-refractivity contribution >= 4 is 11.9 Å². The Kier molecular flexibility index (Phi) is 57.0. The summed E-state index contributed by atoms with van der Waals surface area (Å²) < 4.78 is 5.45. The van der Waals surface area contributed by atoms with Crippen molar-refractivity contribution in [3.05, 3.63) is 36.5 Å². The summed E-state index contributed by atoms with van der Waals surface area (Å²) in [6.45, 7) is 4.92. The Bertz CT molecular complexity index is 1120. The van der Waals surface area contributed by atoms with Crippen LogP contribution in [0.1, 0.15) is 328 Å². The molecule has 6 nitrogen and oxygen atoms in total. The molecule has 0 aromatic carbocycles. The summed E-state index contributed by atoms with van der Waals surface area (Å²) in [5.74, 6) is -0.0644. The number of hydrogen-bond acceptors (Lipinski definition) is 5. The molecule has 3 N–H and O–H groups in total. The van der Waals surface area contributed by atoms with Crippen molar-refractivity contribution in [1.82, 2.24) is 5.32 Å². The minimum Gasteiger partial charge on any atom is -0.466 e. The number of carbonyl (C=O) groups excluding carboxylic acids is 2. The van der Waals surface area contributed by atoms with E-state index in [0.29, 0.717) is 25.9 Å². The maximum absolute atomic E-state index is 12.5. The Labute approximate surface area is 430 Å². The molecule has 0 spiro atoms. The molecule has 0 heterocycles. The number of rotatable bonds is 57. The summed E-state index contributed by atoms with van der Waals surface area (Å²) in [4.78, 5) is 24.5. The third-order valence-electron chi connectivity index (χ3n) is 14.2. The second kappa shape index (κ2) is 58.6.